The van der Waals surface area contributed by atoms with E-state index in [1.165, 1.54) is 24.3 Å². The van der Waals surface area contributed by atoms with Crippen LogP contribution < -0.4 is 5.32 Å². The molecular formula is C30H45N2O9W-. The van der Waals surface area contributed by atoms with Crippen molar-refractivity contribution in [3.8, 4) is 11.5 Å². The van der Waals surface area contributed by atoms with E-state index in [0.29, 0.717) is 52.3 Å². The molecule has 236 valence electrons. The van der Waals surface area contributed by atoms with Crippen molar-refractivity contribution < 1.29 is 65.0 Å². The number of rotatable bonds is 14. The molecule has 2 aromatic carbocycles. The molecule has 0 saturated carbocycles. The van der Waals surface area contributed by atoms with Gasteiger partial charge in [0, 0.05) is 57.6 Å². The van der Waals surface area contributed by atoms with Gasteiger partial charge in [-0.05, 0) is 44.6 Å². The Morgan fingerprint density at radius 2 is 1.36 bits per heavy atom. The summed E-state index contributed by atoms with van der Waals surface area (Å²) in [6, 6.07) is 6.54. The standard InChI is InChI=1S/C15H8O5.C11H25NO4.C2H6N.C2H6.W/c16-6-7-4-9-13(11(18)5-7)15(20)12-8(14(9)19)2-1-3-10(12)17;1-12-4-2-6-14-8-10-16-11-9-15-7-3-5-13;1-2-3;1-2;/h1-6,17-18H;12-13H,2-11H2,1H3;3H,2H2,1H3;1-2H3;/q;;-1;;. The molecule has 11 nitrogen and oxygen atoms in total. The van der Waals surface area contributed by atoms with E-state index in [1.807, 2.05) is 20.9 Å². The van der Waals surface area contributed by atoms with Gasteiger partial charge in [0.2, 0.25) is 5.78 Å². The summed E-state index contributed by atoms with van der Waals surface area (Å²) < 4.78 is 15.8. The number of ketones is 2. The van der Waals surface area contributed by atoms with Crippen LogP contribution in [-0.4, -0.2) is 99.6 Å². The van der Waals surface area contributed by atoms with E-state index in [-0.39, 0.29) is 61.2 Å². The quantitative estimate of drug-likeness (QED) is 0.140. The van der Waals surface area contributed by atoms with Crippen molar-refractivity contribution in [1.29, 1.82) is 0 Å². The smallest absolute Gasteiger partial charge is 0.201 e. The Bertz CT molecular complexity index is 1040. The minimum Gasteiger partial charge on any atom is -0.678 e. The van der Waals surface area contributed by atoms with E-state index in [0.717, 1.165) is 25.6 Å². The molecule has 3 rings (SSSR count). The predicted molar refractivity (Wildman–Crippen MR) is 157 cm³/mol. The van der Waals surface area contributed by atoms with Crippen LogP contribution >= 0.6 is 0 Å². The molecule has 5 N–H and O–H groups in total. The third-order valence-electron chi connectivity index (χ3n) is 5.17. The van der Waals surface area contributed by atoms with E-state index in [2.05, 4.69) is 5.32 Å². The maximum absolute atomic E-state index is 12.3. The topological polar surface area (TPSA) is 175 Å². The van der Waals surface area contributed by atoms with Crippen molar-refractivity contribution in [3.63, 3.8) is 0 Å². The zero-order valence-electron chi connectivity index (χ0n) is 24.9. The number of benzene rings is 2. The molecule has 0 atom stereocenters. The largest absolute Gasteiger partial charge is 0.678 e. The summed E-state index contributed by atoms with van der Waals surface area (Å²) in [5, 5.41) is 31.2. The van der Waals surface area contributed by atoms with Crippen LogP contribution in [0.25, 0.3) is 5.73 Å². The second-order valence-corrected chi connectivity index (χ2v) is 8.16. The van der Waals surface area contributed by atoms with Crippen LogP contribution in [0.4, 0.5) is 0 Å². The maximum atomic E-state index is 12.3. The predicted octanol–water partition coefficient (Wildman–Crippen LogP) is 3.80. The molecule has 0 radical (unpaired) electrons. The minimum atomic E-state index is -0.636. The fourth-order valence-electron chi connectivity index (χ4n) is 3.43. The molecule has 2 aromatic rings. The zero-order valence-corrected chi connectivity index (χ0v) is 27.9. The first-order chi connectivity index (χ1) is 19.9. The van der Waals surface area contributed by atoms with Gasteiger partial charge < -0.3 is 40.6 Å². The van der Waals surface area contributed by atoms with Gasteiger partial charge in [-0.1, -0.05) is 32.9 Å². The Morgan fingerprint density at radius 3 is 1.88 bits per heavy atom. The van der Waals surface area contributed by atoms with Gasteiger partial charge >= 0.3 is 0 Å². The molecule has 0 unspecified atom stereocenters. The van der Waals surface area contributed by atoms with Crippen LogP contribution in [0.15, 0.2) is 30.3 Å². The molecule has 0 aliphatic heterocycles. The summed E-state index contributed by atoms with van der Waals surface area (Å²) in [4.78, 5) is 35.5. The normalized spacial score (nSPS) is 10.8. The van der Waals surface area contributed by atoms with Crippen LogP contribution in [0.1, 0.15) is 75.8 Å². The monoisotopic (exact) mass is 761 g/mol. The molecule has 1 aliphatic carbocycles. The van der Waals surface area contributed by atoms with E-state index in [9.17, 15) is 24.6 Å². The van der Waals surface area contributed by atoms with Crippen molar-refractivity contribution in [2.75, 3.05) is 66.4 Å². The van der Waals surface area contributed by atoms with Crippen molar-refractivity contribution in [3.05, 3.63) is 63.9 Å². The summed E-state index contributed by atoms with van der Waals surface area (Å²) in [7, 11) is 1.93. The fraction of sp³-hybridized carbons (Fsp3) is 0.500. The fourth-order valence-corrected chi connectivity index (χ4v) is 3.43. The van der Waals surface area contributed by atoms with Crippen molar-refractivity contribution in [2.24, 2.45) is 0 Å². The molecule has 0 spiro atoms. The van der Waals surface area contributed by atoms with Gasteiger partial charge in [-0.2, -0.15) is 6.54 Å². The van der Waals surface area contributed by atoms with Gasteiger partial charge in [-0.25, -0.2) is 0 Å². The summed E-state index contributed by atoms with van der Waals surface area (Å²) in [5.74, 6) is -1.91. The minimum absolute atomic E-state index is 0. The van der Waals surface area contributed by atoms with Crippen LogP contribution in [0.5, 0.6) is 11.5 Å². The number of nitrogens with one attached hydrogen (secondary N) is 2. The van der Waals surface area contributed by atoms with E-state index >= 15 is 0 Å². The van der Waals surface area contributed by atoms with E-state index in [1.54, 1.807) is 6.92 Å². The molecule has 1 aliphatic rings. The molecule has 0 amide bonds. The molecule has 42 heavy (non-hydrogen) atoms. The van der Waals surface area contributed by atoms with E-state index in [4.69, 9.17) is 25.1 Å². The first kappa shape index (κ1) is 41.6. The van der Waals surface area contributed by atoms with Crippen molar-refractivity contribution in [1.82, 2.24) is 5.32 Å². The summed E-state index contributed by atoms with van der Waals surface area (Å²) in [5.41, 5.74) is 6.03. The van der Waals surface area contributed by atoms with Gasteiger partial charge in [-0.15, -0.1) is 0 Å². The summed E-state index contributed by atoms with van der Waals surface area (Å²) >= 11 is 0. The second kappa shape index (κ2) is 26.2. The number of ether oxygens (including phenoxy) is 3. The Kier molecular flexibility index (Phi) is 25.9. The first-order valence-corrected chi connectivity index (χ1v) is 13.7. The van der Waals surface area contributed by atoms with Crippen molar-refractivity contribution in [2.45, 2.75) is 33.6 Å². The van der Waals surface area contributed by atoms with Gasteiger partial charge in [0.05, 0.1) is 37.6 Å². The molecule has 0 heterocycles. The number of aliphatic hydroxyl groups excluding tert-OH is 1. The Morgan fingerprint density at radius 1 is 0.833 bits per heavy atom. The summed E-state index contributed by atoms with van der Waals surface area (Å²) in [6.07, 6.45) is 2.20. The number of aromatic hydroxyl groups is 2. The average Bonchev–Trinajstić information content (AvgIpc) is 2.98. The summed E-state index contributed by atoms with van der Waals surface area (Å²) in [6.45, 7) is 11.3. The molecule has 12 heteroatoms. The number of carbonyl (C=O) groups excluding carboxylic acids is 3. The number of carbonyl (C=O) groups is 3. The molecule has 0 aromatic heterocycles. The number of aldehydes is 1. The van der Waals surface area contributed by atoms with Gasteiger partial charge in [0.25, 0.3) is 0 Å². The molecular weight excluding hydrogens is 716 g/mol. The van der Waals surface area contributed by atoms with Crippen LogP contribution in [0.2, 0.25) is 0 Å². The Balaban J connectivity index is 0. The maximum Gasteiger partial charge on any atom is 0.201 e. The van der Waals surface area contributed by atoms with Crippen LogP contribution in [0, 0.1) is 0 Å². The third kappa shape index (κ3) is 14.6. The molecule has 0 fully saturated rings. The zero-order chi connectivity index (χ0) is 31.0. The average molecular weight is 762 g/mol. The SMILES string of the molecule is CC.CC[NH-].CNCCCOCCOCCOCCCO.O=Cc1cc(O)c2c(c1)C(=O)c1cccc(O)c1C2=O.[W]. The molecule has 0 saturated heterocycles. The Labute approximate surface area is 263 Å². The van der Waals surface area contributed by atoms with E-state index < -0.39 is 17.3 Å². The number of fused-ring (bicyclic) bond motifs is 2. The number of aliphatic hydroxyl groups is 1. The first-order valence-electron chi connectivity index (χ1n) is 13.7. The molecule has 0 bridgehead atoms. The second-order valence-electron chi connectivity index (χ2n) is 8.16. The Hall–Kier alpha value is -2.50. The van der Waals surface area contributed by atoms with Gasteiger partial charge in [-0.3, -0.25) is 14.4 Å². The van der Waals surface area contributed by atoms with Gasteiger partial charge in [0.15, 0.2) is 5.78 Å². The number of hydrogen-bond donors (Lipinski definition) is 4. The van der Waals surface area contributed by atoms with Crippen LogP contribution in [-0.2, 0) is 35.3 Å². The van der Waals surface area contributed by atoms with Gasteiger partial charge in [0.1, 0.15) is 17.8 Å². The number of phenolic OH excluding ortho intramolecular Hbond substituents is 2. The van der Waals surface area contributed by atoms with Crippen LogP contribution in [0.3, 0.4) is 0 Å². The third-order valence-corrected chi connectivity index (χ3v) is 5.17. The number of hydrogen-bond acceptors (Lipinski definition) is 10. The number of phenols is 2. The van der Waals surface area contributed by atoms with Crippen molar-refractivity contribution >= 4 is 17.9 Å².